The van der Waals surface area contributed by atoms with Gasteiger partial charge < -0.3 is 14.4 Å². The Hall–Kier alpha value is -3.49. The van der Waals surface area contributed by atoms with Crippen LogP contribution in [0.2, 0.25) is 5.02 Å². The molecule has 0 fully saturated rings. The predicted octanol–water partition coefficient (Wildman–Crippen LogP) is 7.29. The number of nitrogens with zero attached hydrogens (tertiary/aromatic N) is 1. The number of methoxy groups -OCH3 is 1. The summed E-state index contributed by atoms with van der Waals surface area (Å²) in [5, 5.41) is 0.331. The van der Waals surface area contributed by atoms with Crippen LogP contribution in [0, 0.1) is 23.2 Å². The molecule has 6 heteroatoms. The van der Waals surface area contributed by atoms with Crippen molar-refractivity contribution < 1.29 is 19.1 Å². The van der Waals surface area contributed by atoms with Crippen molar-refractivity contribution >= 4 is 23.2 Å². The van der Waals surface area contributed by atoms with E-state index in [9.17, 15) is 9.59 Å². The highest BCUT2D eigenvalue weighted by atomic mass is 35.5. The van der Waals surface area contributed by atoms with Gasteiger partial charge in [-0.3, -0.25) is 9.59 Å². The van der Waals surface area contributed by atoms with Crippen LogP contribution < -0.4 is 9.47 Å². The average Bonchev–Trinajstić information content (AvgIpc) is 2.89. The molecule has 5 nitrogen and oxygen atoms in total. The van der Waals surface area contributed by atoms with E-state index in [1.807, 2.05) is 24.3 Å². The fourth-order valence-electron chi connectivity index (χ4n) is 6.70. The SMILES string of the molecule is C#CCOc1c(Cl)cc(C2C3=C(CC(C)(C)CC3=O)N(CCc3ccccc3)C3=C2C(=O)CC(C)(C)C3)cc1OC. The van der Waals surface area contributed by atoms with Crippen LogP contribution in [-0.2, 0) is 16.0 Å². The third-order valence-corrected chi connectivity index (χ3v) is 8.65. The zero-order valence-electron chi connectivity index (χ0n) is 24.6. The summed E-state index contributed by atoms with van der Waals surface area (Å²) >= 11 is 6.74. The van der Waals surface area contributed by atoms with Crippen molar-refractivity contribution in [2.24, 2.45) is 10.8 Å². The molecule has 1 aliphatic heterocycles. The van der Waals surface area contributed by atoms with Crippen molar-refractivity contribution in [1.29, 1.82) is 0 Å². The summed E-state index contributed by atoms with van der Waals surface area (Å²) in [6.45, 7) is 9.34. The summed E-state index contributed by atoms with van der Waals surface area (Å²) in [4.78, 5) is 30.5. The minimum absolute atomic E-state index is 0.0426. The molecule has 3 aliphatic rings. The highest BCUT2D eigenvalue weighted by Gasteiger charge is 2.49. The first-order valence-electron chi connectivity index (χ1n) is 14.2. The monoisotopic (exact) mass is 571 g/mol. The molecule has 2 aromatic carbocycles. The maximum atomic E-state index is 14.1. The van der Waals surface area contributed by atoms with Gasteiger partial charge in [0.25, 0.3) is 0 Å². The van der Waals surface area contributed by atoms with Gasteiger partial charge in [0, 0.05) is 47.8 Å². The van der Waals surface area contributed by atoms with Crippen LogP contribution in [0.5, 0.6) is 11.5 Å². The number of allylic oxidation sites excluding steroid dienone is 4. The minimum Gasteiger partial charge on any atom is -0.493 e. The highest BCUT2D eigenvalue weighted by molar-refractivity contribution is 6.32. The lowest BCUT2D eigenvalue weighted by atomic mass is 9.63. The van der Waals surface area contributed by atoms with Gasteiger partial charge in [-0.2, -0.15) is 0 Å². The fraction of sp³-hybridized carbons (Fsp3) is 0.429. The Morgan fingerprint density at radius 2 is 1.54 bits per heavy atom. The standard InChI is InChI=1S/C35H38ClNO4/c1-7-15-41-33-24(36)16-23(17-29(33)40-6)30-31-25(18-34(2,3)20-27(31)38)37(14-13-22-11-9-8-10-12-22)26-19-35(4,5)21-28(39)32(26)30/h1,8-12,16-17,30H,13-15,18-21H2,2-6H3. The van der Waals surface area contributed by atoms with Crippen LogP contribution >= 0.6 is 11.6 Å². The van der Waals surface area contributed by atoms with Crippen molar-refractivity contribution in [2.75, 3.05) is 20.3 Å². The fourth-order valence-corrected chi connectivity index (χ4v) is 6.97. The van der Waals surface area contributed by atoms with E-state index in [4.69, 9.17) is 27.5 Å². The molecule has 214 valence electrons. The van der Waals surface area contributed by atoms with Gasteiger partial charge in [0.05, 0.1) is 12.1 Å². The normalized spacial score (nSPS) is 20.0. The van der Waals surface area contributed by atoms with Crippen molar-refractivity contribution in [3.8, 4) is 23.8 Å². The van der Waals surface area contributed by atoms with E-state index in [1.54, 1.807) is 13.2 Å². The zero-order valence-corrected chi connectivity index (χ0v) is 25.4. The molecule has 0 bridgehead atoms. The molecule has 0 amide bonds. The summed E-state index contributed by atoms with van der Waals surface area (Å²) in [5.41, 5.74) is 5.06. The number of rotatable bonds is 7. The van der Waals surface area contributed by atoms with Gasteiger partial charge in [-0.15, -0.1) is 6.42 Å². The molecular weight excluding hydrogens is 534 g/mol. The average molecular weight is 572 g/mol. The second-order valence-corrected chi connectivity index (χ2v) is 13.4. The number of hydrogen-bond acceptors (Lipinski definition) is 5. The van der Waals surface area contributed by atoms with E-state index in [0.717, 1.165) is 36.2 Å². The molecule has 0 atom stereocenters. The van der Waals surface area contributed by atoms with Crippen LogP contribution in [0.4, 0.5) is 0 Å². The molecule has 0 saturated heterocycles. The smallest absolute Gasteiger partial charge is 0.181 e. The Morgan fingerprint density at radius 1 is 0.951 bits per heavy atom. The van der Waals surface area contributed by atoms with E-state index in [-0.39, 0.29) is 29.0 Å². The molecule has 41 heavy (non-hydrogen) atoms. The lowest BCUT2D eigenvalue weighted by molar-refractivity contribution is -0.119. The molecule has 2 aromatic rings. The topological polar surface area (TPSA) is 55.8 Å². The second kappa shape index (κ2) is 11.1. The summed E-state index contributed by atoms with van der Waals surface area (Å²) in [7, 11) is 1.54. The molecule has 5 rings (SSSR count). The van der Waals surface area contributed by atoms with Crippen LogP contribution in [0.15, 0.2) is 65.0 Å². The van der Waals surface area contributed by atoms with Crippen LogP contribution in [-0.4, -0.2) is 36.7 Å². The molecule has 0 radical (unpaired) electrons. The lowest BCUT2D eigenvalue weighted by Gasteiger charge is -2.49. The van der Waals surface area contributed by atoms with Crippen LogP contribution in [0.25, 0.3) is 0 Å². The molecule has 0 N–H and O–H groups in total. The molecule has 0 saturated carbocycles. The van der Waals surface area contributed by atoms with Gasteiger partial charge in [0.15, 0.2) is 23.1 Å². The first kappa shape index (κ1) is 29.0. The minimum atomic E-state index is -0.520. The number of benzene rings is 2. The van der Waals surface area contributed by atoms with E-state index in [0.29, 0.717) is 47.1 Å². The Labute approximate surface area is 248 Å². The van der Waals surface area contributed by atoms with Crippen molar-refractivity contribution in [3.63, 3.8) is 0 Å². The van der Waals surface area contributed by atoms with Gasteiger partial charge in [0.2, 0.25) is 0 Å². The number of terminal acetylenes is 1. The largest absolute Gasteiger partial charge is 0.493 e. The summed E-state index contributed by atoms with van der Waals surface area (Å²) in [5.74, 6) is 2.87. The number of halogens is 1. The van der Waals surface area contributed by atoms with Crippen LogP contribution in [0.3, 0.4) is 0 Å². The molecular formula is C35H38ClNO4. The molecule has 2 aliphatic carbocycles. The first-order valence-corrected chi connectivity index (χ1v) is 14.6. The lowest BCUT2D eigenvalue weighted by Crippen LogP contribution is -2.45. The molecule has 1 heterocycles. The van der Waals surface area contributed by atoms with Gasteiger partial charge >= 0.3 is 0 Å². The van der Waals surface area contributed by atoms with E-state index in [1.165, 1.54) is 5.56 Å². The second-order valence-electron chi connectivity index (χ2n) is 12.9. The molecule has 0 unspecified atom stereocenters. The van der Waals surface area contributed by atoms with Gasteiger partial charge in [-0.05, 0) is 53.4 Å². The Balaban J connectivity index is 1.72. The number of ketones is 2. The quantitative estimate of drug-likeness (QED) is 0.327. The van der Waals surface area contributed by atoms with E-state index >= 15 is 0 Å². The Kier molecular flexibility index (Phi) is 7.83. The van der Waals surface area contributed by atoms with E-state index < -0.39 is 5.92 Å². The number of Topliss-reactive ketones (excluding diaryl/α,β-unsaturated/α-hetero) is 2. The number of hydrogen-bond donors (Lipinski definition) is 0. The molecule has 0 aromatic heterocycles. The van der Waals surface area contributed by atoms with Gasteiger partial charge in [0.1, 0.15) is 6.61 Å². The third-order valence-electron chi connectivity index (χ3n) is 8.37. The summed E-state index contributed by atoms with van der Waals surface area (Å²) < 4.78 is 11.4. The summed E-state index contributed by atoms with van der Waals surface area (Å²) in [6.07, 6.45) is 8.56. The third kappa shape index (κ3) is 5.68. The number of carbonyl (C=O) groups excluding carboxylic acids is 2. The number of carbonyl (C=O) groups is 2. The van der Waals surface area contributed by atoms with E-state index in [2.05, 4.69) is 50.6 Å². The maximum Gasteiger partial charge on any atom is 0.181 e. The zero-order chi connectivity index (χ0) is 29.5. The number of ether oxygens (including phenoxy) is 2. The predicted molar refractivity (Wildman–Crippen MR) is 162 cm³/mol. The highest BCUT2D eigenvalue weighted by Crippen LogP contribution is 2.55. The first-order chi connectivity index (χ1) is 19.4. The van der Waals surface area contributed by atoms with Gasteiger partial charge in [-0.1, -0.05) is 75.5 Å². The van der Waals surface area contributed by atoms with Gasteiger partial charge in [-0.25, -0.2) is 0 Å². The summed E-state index contributed by atoms with van der Waals surface area (Å²) in [6, 6.07) is 14.0. The maximum absolute atomic E-state index is 14.1. The van der Waals surface area contributed by atoms with Crippen molar-refractivity contribution in [2.45, 2.75) is 65.7 Å². The van der Waals surface area contributed by atoms with Crippen molar-refractivity contribution in [1.82, 2.24) is 4.90 Å². The Bertz CT molecular complexity index is 1440. The Morgan fingerprint density at radius 3 is 2.07 bits per heavy atom. The van der Waals surface area contributed by atoms with Crippen molar-refractivity contribution in [3.05, 3.63) is 81.2 Å². The molecule has 0 spiro atoms. The van der Waals surface area contributed by atoms with Crippen LogP contribution in [0.1, 0.15) is 70.4 Å².